The molecule has 2 rings (SSSR count). The minimum Gasteiger partial charge on any atom is -0.271 e. The van der Waals surface area contributed by atoms with Crippen molar-refractivity contribution in [2.45, 2.75) is 26.3 Å². The second-order valence-corrected chi connectivity index (χ2v) is 5.01. The highest BCUT2D eigenvalue weighted by Crippen LogP contribution is 2.22. The minimum absolute atomic E-state index is 0.241. The maximum atomic E-state index is 13.8. The SMILES string of the molecule is Cc1ccc(CC(NN)c2cc(F)ccc2F)cc1C. The number of rotatable bonds is 4. The van der Waals surface area contributed by atoms with Crippen molar-refractivity contribution in [2.24, 2.45) is 5.84 Å². The van der Waals surface area contributed by atoms with Gasteiger partial charge in [0.2, 0.25) is 0 Å². The highest BCUT2D eigenvalue weighted by Gasteiger charge is 2.16. The summed E-state index contributed by atoms with van der Waals surface area (Å²) in [5.74, 6) is 4.57. The Morgan fingerprint density at radius 1 is 1.05 bits per heavy atom. The zero-order valence-electron chi connectivity index (χ0n) is 11.6. The van der Waals surface area contributed by atoms with E-state index in [1.807, 2.05) is 32.0 Å². The van der Waals surface area contributed by atoms with Crippen LogP contribution in [0.1, 0.15) is 28.3 Å². The normalized spacial score (nSPS) is 12.4. The van der Waals surface area contributed by atoms with Gasteiger partial charge in [-0.3, -0.25) is 11.3 Å². The fraction of sp³-hybridized carbons (Fsp3) is 0.250. The molecule has 0 spiro atoms. The molecule has 2 aromatic carbocycles. The van der Waals surface area contributed by atoms with Crippen LogP contribution in [0.5, 0.6) is 0 Å². The molecule has 2 aromatic rings. The predicted octanol–water partition coefficient (Wildman–Crippen LogP) is 3.33. The average molecular weight is 276 g/mol. The molecule has 4 heteroatoms. The van der Waals surface area contributed by atoms with Crippen LogP contribution in [0.25, 0.3) is 0 Å². The van der Waals surface area contributed by atoms with Gasteiger partial charge >= 0.3 is 0 Å². The Morgan fingerprint density at radius 3 is 2.45 bits per heavy atom. The molecule has 0 aliphatic carbocycles. The van der Waals surface area contributed by atoms with E-state index in [0.29, 0.717) is 6.42 Å². The molecule has 1 atom stereocenters. The summed E-state index contributed by atoms with van der Waals surface area (Å²) in [6.07, 6.45) is 0.498. The van der Waals surface area contributed by atoms with Crippen LogP contribution in [0.15, 0.2) is 36.4 Å². The molecule has 106 valence electrons. The fourth-order valence-electron chi connectivity index (χ4n) is 2.21. The van der Waals surface area contributed by atoms with Gasteiger partial charge in [0.15, 0.2) is 0 Å². The maximum Gasteiger partial charge on any atom is 0.128 e. The summed E-state index contributed by atoms with van der Waals surface area (Å²) in [4.78, 5) is 0. The van der Waals surface area contributed by atoms with Gasteiger partial charge in [-0.15, -0.1) is 0 Å². The van der Waals surface area contributed by atoms with E-state index in [1.54, 1.807) is 0 Å². The number of aryl methyl sites for hydroxylation is 2. The van der Waals surface area contributed by atoms with Crippen LogP contribution < -0.4 is 11.3 Å². The van der Waals surface area contributed by atoms with Crippen molar-refractivity contribution in [1.82, 2.24) is 5.43 Å². The van der Waals surface area contributed by atoms with Gasteiger partial charge in [0.25, 0.3) is 0 Å². The highest BCUT2D eigenvalue weighted by atomic mass is 19.1. The molecule has 0 aliphatic rings. The van der Waals surface area contributed by atoms with E-state index in [4.69, 9.17) is 5.84 Å². The lowest BCUT2D eigenvalue weighted by atomic mass is 9.96. The summed E-state index contributed by atoms with van der Waals surface area (Å²) in [5.41, 5.74) is 6.19. The van der Waals surface area contributed by atoms with Crippen molar-refractivity contribution >= 4 is 0 Å². The molecule has 3 N–H and O–H groups in total. The van der Waals surface area contributed by atoms with Gasteiger partial charge in [0.05, 0.1) is 6.04 Å². The second kappa shape index (κ2) is 6.11. The van der Waals surface area contributed by atoms with Crippen LogP contribution in [0.3, 0.4) is 0 Å². The molecule has 0 saturated heterocycles. The number of nitrogens with two attached hydrogens (primary N) is 1. The van der Waals surface area contributed by atoms with E-state index in [-0.39, 0.29) is 5.56 Å². The van der Waals surface area contributed by atoms with Crippen LogP contribution in [-0.2, 0) is 6.42 Å². The first-order chi connectivity index (χ1) is 9.51. The highest BCUT2D eigenvalue weighted by molar-refractivity contribution is 5.32. The first-order valence-corrected chi connectivity index (χ1v) is 6.48. The third-order valence-electron chi connectivity index (χ3n) is 3.55. The molecule has 2 nitrogen and oxygen atoms in total. The first kappa shape index (κ1) is 14.6. The molecule has 0 amide bonds. The number of nitrogens with one attached hydrogen (secondary N) is 1. The summed E-state index contributed by atoms with van der Waals surface area (Å²) < 4.78 is 27.1. The number of benzene rings is 2. The third kappa shape index (κ3) is 3.21. The van der Waals surface area contributed by atoms with E-state index in [2.05, 4.69) is 5.43 Å². The van der Waals surface area contributed by atoms with Crippen molar-refractivity contribution in [3.63, 3.8) is 0 Å². The molecule has 0 aromatic heterocycles. The summed E-state index contributed by atoms with van der Waals surface area (Å²) in [5, 5.41) is 0. The van der Waals surface area contributed by atoms with Crippen molar-refractivity contribution < 1.29 is 8.78 Å². The zero-order chi connectivity index (χ0) is 14.7. The van der Waals surface area contributed by atoms with Crippen molar-refractivity contribution in [2.75, 3.05) is 0 Å². The minimum atomic E-state index is -0.471. The molecular formula is C16H18F2N2. The van der Waals surface area contributed by atoms with Crippen molar-refractivity contribution in [3.8, 4) is 0 Å². The molecule has 0 saturated carbocycles. The lowest BCUT2D eigenvalue weighted by Crippen LogP contribution is -2.30. The number of hydrazine groups is 1. The number of halogens is 2. The lowest BCUT2D eigenvalue weighted by Gasteiger charge is -2.18. The van der Waals surface area contributed by atoms with E-state index >= 15 is 0 Å². The average Bonchev–Trinajstić information content (AvgIpc) is 2.43. The van der Waals surface area contributed by atoms with Gasteiger partial charge < -0.3 is 0 Å². The molecule has 0 aliphatic heterocycles. The second-order valence-electron chi connectivity index (χ2n) is 5.01. The molecule has 0 radical (unpaired) electrons. The zero-order valence-corrected chi connectivity index (χ0v) is 11.6. The predicted molar refractivity (Wildman–Crippen MR) is 76.0 cm³/mol. The largest absolute Gasteiger partial charge is 0.271 e. The molecule has 0 fully saturated rings. The Hall–Kier alpha value is -1.78. The smallest absolute Gasteiger partial charge is 0.128 e. The third-order valence-corrected chi connectivity index (χ3v) is 3.55. The van der Waals surface area contributed by atoms with Gasteiger partial charge in [-0.05, 0) is 55.2 Å². The van der Waals surface area contributed by atoms with E-state index in [0.717, 1.165) is 23.3 Å². The quantitative estimate of drug-likeness (QED) is 0.664. The number of hydrogen-bond acceptors (Lipinski definition) is 2. The van der Waals surface area contributed by atoms with Gasteiger partial charge in [-0.1, -0.05) is 18.2 Å². The van der Waals surface area contributed by atoms with Crippen LogP contribution in [0.2, 0.25) is 0 Å². The molecular weight excluding hydrogens is 258 g/mol. The van der Waals surface area contributed by atoms with Gasteiger partial charge in [-0.25, -0.2) is 8.78 Å². The Bertz CT molecular complexity index is 611. The van der Waals surface area contributed by atoms with Crippen LogP contribution in [0, 0.1) is 25.5 Å². The molecule has 1 unspecified atom stereocenters. The Balaban J connectivity index is 2.28. The maximum absolute atomic E-state index is 13.8. The topological polar surface area (TPSA) is 38.0 Å². The summed E-state index contributed by atoms with van der Waals surface area (Å²) in [6, 6.07) is 8.97. The molecule has 20 heavy (non-hydrogen) atoms. The first-order valence-electron chi connectivity index (χ1n) is 6.48. The standard InChI is InChI=1S/C16H18F2N2/c1-10-3-4-12(7-11(10)2)8-16(20-19)14-9-13(17)5-6-15(14)18/h3-7,9,16,20H,8,19H2,1-2H3. The summed E-state index contributed by atoms with van der Waals surface area (Å²) in [6.45, 7) is 4.05. The van der Waals surface area contributed by atoms with Crippen molar-refractivity contribution in [1.29, 1.82) is 0 Å². The van der Waals surface area contributed by atoms with E-state index in [1.165, 1.54) is 11.6 Å². The van der Waals surface area contributed by atoms with Gasteiger partial charge in [0.1, 0.15) is 11.6 Å². The molecule has 0 heterocycles. The summed E-state index contributed by atoms with van der Waals surface area (Å²) in [7, 11) is 0. The fourth-order valence-corrected chi connectivity index (χ4v) is 2.21. The van der Waals surface area contributed by atoms with Crippen LogP contribution in [-0.4, -0.2) is 0 Å². The Kier molecular flexibility index (Phi) is 4.47. The number of hydrogen-bond donors (Lipinski definition) is 2. The molecule has 0 bridgehead atoms. The Morgan fingerprint density at radius 2 is 1.80 bits per heavy atom. The lowest BCUT2D eigenvalue weighted by molar-refractivity contribution is 0.502. The summed E-state index contributed by atoms with van der Waals surface area (Å²) >= 11 is 0. The van der Waals surface area contributed by atoms with E-state index < -0.39 is 17.7 Å². The van der Waals surface area contributed by atoms with Gasteiger partial charge in [0, 0.05) is 5.56 Å². The van der Waals surface area contributed by atoms with Gasteiger partial charge in [-0.2, -0.15) is 0 Å². The Labute approximate surface area is 117 Å². The van der Waals surface area contributed by atoms with E-state index in [9.17, 15) is 8.78 Å². The van der Waals surface area contributed by atoms with Crippen LogP contribution >= 0.6 is 0 Å². The monoisotopic (exact) mass is 276 g/mol. The van der Waals surface area contributed by atoms with Crippen molar-refractivity contribution in [3.05, 3.63) is 70.3 Å². The van der Waals surface area contributed by atoms with Crippen LogP contribution in [0.4, 0.5) is 8.78 Å².